The standard InChI is InChI=1S/C14H26N2O3/c1-11(8-9-13(17)18)10-15-14(19)16(2)12-6-4-3-5-7-12/h11-12H,3-10H2,1-2H3,(H,15,19)(H,17,18). The predicted molar refractivity (Wildman–Crippen MR) is 74.1 cm³/mol. The number of rotatable bonds is 6. The number of carboxylic acid groups (broad SMARTS) is 1. The van der Waals surface area contributed by atoms with Crippen LogP contribution in [0.1, 0.15) is 51.9 Å². The quantitative estimate of drug-likeness (QED) is 0.779. The van der Waals surface area contributed by atoms with Gasteiger partial charge in [0.25, 0.3) is 0 Å². The van der Waals surface area contributed by atoms with Crippen LogP contribution in [-0.2, 0) is 4.79 Å². The van der Waals surface area contributed by atoms with Crippen molar-refractivity contribution in [3.8, 4) is 0 Å². The van der Waals surface area contributed by atoms with Crippen molar-refractivity contribution in [2.24, 2.45) is 5.92 Å². The molecule has 0 aromatic rings. The molecule has 0 aliphatic heterocycles. The van der Waals surface area contributed by atoms with E-state index in [4.69, 9.17) is 5.11 Å². The minimum absolute atomic E-state index is 0.0333. The summed E-state index contributed by atoms with van der Waals surface area (Å²) in [5.41, 5.74) is 0. The van der Waals surface area contributed by atoms with Crippen LogP contribution in [0.5, 0.6) is 0 Å². The van der Waals surface area contributed by atoms with E-state index in [0.717, 1.165) is 12.8 Å². The Morgan fingerprint density at radius 1 is 1.32 bits per heavy atom. The third-order valence-electron chi connectivity index (χ3n) is 3.90. The van der Waals surface area contributed by atoms with Gasteiger partial charge in [-0.1, -0.05) is 26.2 Å². The molecule has 1 unspecified atom stereocenters. The largest absolute Gasteiger partial charge is 0.481 e. The van der Waals surface area contributed by atoms with Gasteiger partial charge in [0.05, 0.1) is 0 Å². The highest BCUT2D eigenvalue weighted by Gasteiger charge is 2.21. The number of amides is 2. The van der Waals surface area contributed by atoms with Crippen LogP contribution in [0.3, 0.4) is 0 Å². The number of carboxylic acids is 1. The molecule has 0 spiro atoms. The molecular formula is C14H26N2O3. The van der Waals surface area contributed by atoms with Gasteiger partial charge >= 0.3 is 12.0 Å². The van der Waals surface area contributed by atoms with E-state index in [-0.39, 0.29) is 18.4 Å². The van der Waals surface area contributed by atoms with Gasteiger partial charge in [-0.15, -0.1) is 0 Å². The molecule has 1 rings (SSSR count). The van der Waals surface area contributed by atoms with E-state index < -0.39 is 5.97 Å². The summed E-state index contributed by atoms with van der Waals surface area (Å²) in [4.78, 5) is 24.3. The molecule has 2 N–H and O–H groups in total. The van der Waals surface area contributed by atoms with Gasteiger partial charge in [0.15, 0.2) is 0 Å². The molecule has 1 saturated carbocycles. The van der Waals surface area contributed by atoms with Gasteiger partial charge < -0.3 is 15.3 Å². The van der Waals surface area contributed by atoms with Gasteiger partial charge in [-0.2, -0.15) is 0 Å². The number of carbonyl (C=O) groups excluding carboxylic acids is 1. The molecule has 0 radical (unpaired) electrons. The summed E-state index contributed by atoms with van der Waals surface area (Å²) in [6.07, 6.45) is 6.64. The number of aliphatic carboxylic acids is 1. The average Bonchev–Trinajstić information content (AvgIpc) is 2.42. The van der Waals surface area contributed by atoms with E-state index in [0.29, 0.717) is 19.0 Å². The van der Waals surface area contributed by atoms with Gasteiger partial charge in [-0.25, -0.2) is 4.79 Å². The first kappa shape index (κ1) is 15.8. The maximum atomic E-state index is 12.0. The van der Waals surface area contributed by atoms with Crippen molar-refractivity contribution >= 4 is 12.0 Å². The maximum Gasteiger partial charge on any atom is 0.317 e. The predicted octanol–water partition coefficient (Wildman–Crippen LogP) is 2.46. The zero-order chi connectivity index (χ0) is 14.3. The molecule has 2 amide bonds. The Balaban J connectivity index is 2.23. The minimum atomic E-state index is -0.780. The Morgan fingerprint density at radius 2 is 1.95 bits per heavy atom. The fourth-order valence-electron chi connectivity index (χ4n) is 2.49. The van der Waals surface area contributed by atoms with Crippen molar-refractivity contribution in [3.63, 3.8) is 0 Å². The lowest BCUT2D eigenvalue weighted by atomic mass is 9.95. The van der Waals surface area contributed by atoms with E-state index in [9.17, 15) is 9.59 Å². The molecule has 1 fully saturated rings. The first-order valence-electron chi connectivity index (χ1n) is 7.23. The summed E-state index contributed by atoms with van der Waals surface area (Å²) in [7, 11) is 1.85. The monoisotopic (exact) mass is 270 g/mol. The van der Waals surface area contributed by atoms with Gasteiger partial charge in [0.1, 0.15) is 0 Å². The fourth-order valence-corrected chi connectivity index (χ4v) is 2.49. The Morgan fingerprint density at radius 3 is 2.53 bits per heavy atom. The molecule has 1 aliphatic rings. The van der Waals surface area contributed by atoms with Crippen molar-refractivity contribution < 1.29 is 14.7 Å². The fraction of sp³-hybridized carbons (Fsp3) is 0.857. The second-order valence-corrected chi connectivity index (χ2v) is 5.63. The van der Waals surface area contributed by atoms with Gasteiger partial charge in [-0.05, 0) is 25.2 Å². The third-order valence-corrected chi connectivity index (χ3v) is 3.90. The number of hydrogen-bond donors (Lipinski definition) is 2. The lowest BCUT2D eigenvalue weighted by molar-refractivity contribution is -0.137. The Kier molecular flexibility index (Phi) is 6.67. The number of urea groups is 1. The number of nitrogens with one attached hydrogen (secondary N) is 1. The van der Waals surface area contributed by atoms with Crippen LogP contribution in [0.4, 0.5) is 4.79 Å². The number of hydrogen-bond acceptors (Lipinski definition) is 2. The summed E-state index contributed by atoms with van der Waals surface area (Å²) in [6, 6.07) is 0.331. The second-order valence-electron chi connectivity index (χ2n) is 5.63. The molecule has 5 nitrogen and oxygen atoms in total. The first-order valence-corrected chi connectivity index (χ1v) is 7.23. The van der Waals surface area contributed by atoms with Crippen molar-refractivity contribution in [1.82, 2.24) is 10.2 Å². The molecule has 1 aliphatic carbocycles. The Hall–Kier alpha value is -1.26. The van der Waals surface area contributed by atoms with Gasteiger partial charge in [0, 0.05) is 26.1 Å². The molecule has 19 heavy (non-hydrogen) atoms. The van der Waals surface area contributed by atoms with Crippen molar-refractivity contribution in [1.29, 1.82) is 0 Å². The lowest BCUT2D eigenvalue weighted by Gasteiger charge is -2.31. The summed E-state index contributed by atoms with van der Waals surface area (Å²) < 4.78 is 0. The number of nitrogens with zero attached hydrogens (tertiary/aromatic N) is 1. The van der Waals surface area contributed by atoms with Crippen molar-refractivity contribution in [2.75, 3.05) is 13.6 Å². The van der Waals surface area contributed by atoms with Crippen LogP contribution in [0.2, 0.25) is 0 Å². The molecule has 110 valence electrons. The number of carbonyl (C=O) groups is 2. The highest BCUT2D eigenvalue weighted by molar-refractivity contribution is 5.74. The molecule has 0 aromatic heterocycles. The zero-order valence-corrected chi connectivity index (χ0v) is 12.0. The van der Waals surface area contributed by atoms with Gasteiger partial charge in [0.2, 0.25) is 0 Å². The second kappa shape index (κ2) is 8.02. The van der Waals surface area contributed by atoms with Crippen molar-refractivity contribution in [2.45, 2.75) is 57.9 Å². The van der Waals surface area contributed by atoms with Crippen LogP contribution in [-0.4, -0.2) is 41.6 Å². The van der Waals surface area contributed by atoms with E-state index in [2.05, 4.69) is 5.32 Å². The van der Waals surface area contributed by atoms with E-state index in [1.54, 1.807) is 0 Å². The molecule has 0 heterocycles. The average molecular weight is 270 g/mol. The molecule has 0 saturated heterocycles. The zero-order valence-electron chi connectivity index (χ0n) is 12.0. The molecule has 0 aromatic carbocycles. The van der Waals surface area contributed by atoms with Crippen LogP contribution in [0, 0.1) is 5.92 Å². The normalized spacial score (nSPS) is 17.8. The first-order chi connectivity index (χ1) is 9.00. The molecular weight excluding hydrogens is 244 g/mol. The van der Waals surface area contributed by atoms with Crippen LogP contribution < -0.4 is 5.32 Å². The smallest absolute Gasteiger partial charge is 0.317 e. The molecule has 1 atom stereocenters. The molecule has 5 heteroatoms. The summed E-state index contributed by atoms with van der Waals surface area (Å²) >= 11 is 0. The van der Waals surface area contributed by atoms with E-state index >= 15 is 0 Å². The Bertz CT molecular complexity index is 301. The highest BCUT2D eigenvalue weighted by Crippen LogP contribution is 2.21. The SMILES string of the molecule is CC(CCC(=O)O)CNC(=O)N(C)C1CCCCC1. The summed E-state index contributed by atoms with van der Waals surface area (Å²) in [6.45, 7) is 2.51. The topological polar surface area (TPSA) is 69.6 Å². The third kappa shape index (κ3) is 5.94. The van der Waals surface area contributed by atoms with Gasteiger partial charge in [-0.3, -0.25) is 4.79 Å². The van der Waals surface area contributed by atoms with Crippen LogP contribution in [0.15, 0.2) is 0 Å². The molecule has 0 bridgehead atoms. The van der Waals surface area contributed by atoms with E-state index in [1.165, 1.54) is 19.3 Å². The lowest BCUT2D eigenvalue weighted by Crippen LogP contribution is -2.45. The minimum Gasteiger partial charge on any atom is -0.481 e. The summed E-state index contributed by atoms with van der Waals surface area (Å²) in [5, 5.41) is 11.5. The van der Waals surface area contributed by atoms with Crippen LogP contribution in [0.25, 0.3) is 0 Å². The Labute approximate surface area is 115 Å². The van der Waals surface area contributed by atoms with Crippen LogP contribution >= 0.6 is 0 Å². The summed E-state index contributed by atoms with van der Waals surface area (Å²) in [5.74, 6) is -0.586. The highest BCUT2D eigenvalue weighted by atomic mass is 16.4. The van der Waals surface area contributed by atoms with E-state index in [1.807, 2.05) is 18.9 Å². The maximum absolute atomic E-state index is 12.0. The van der Waals surface area contributed by atoms with Crippen molar-refractivity contribution in [3.05, 3.63) is 0 Å².